The van der Waals surface area contributed by atoms with E-state index in [0.717, 1.165) is 25.9 Å². The quantitative estimate of drug-likeness (QED) is 0.693. The standard InChI is InChI=1S/C6H11NO2.C5H5N/c8-6-9-7-4-2-1-3-5-7;1-2-4-6-5-3-1/h6H,1-5H2;1-5H. The van der Waals surface area contributed by atoms with Crippen LogP contribution in [0.5, 0.6) is 0 Å². The maximum Gasteiger partial charge on any atom is 0.312 e. The van der Waals surface area contributed by atoms with Crippen molar-refractivity contribution in [2.24, 2.45) is 0 Å². The van der Waals surface area contributed by atoms with Crippen LogP contribution in [0.1, 0.15) is 19.3 Å². The predicted molar refractivity (Wildman–Crippen MR) is 56.8 cm³/mol. The molecule has 0 amide bonds. The van der Waals surface area contributed by atoms with E-state index in [0.29, 0.717) is 6.47 Å². The molecule has 0 radical (unpaired) electrons. The summed E-state index contributed by atoms with van der Waals surface area (Å²) in [6.07, 6.45) is 7.06. The Labute approximate surface area is 89.8 Å². The molecule has 1 aliphatic rings. The molecular formula is C11H16N2O2. The molecule has 1 aromatic heterocycles. The molecule has 2 heterocycles. The molecule has 0 N–H and O–H groups in total. The minimum atomic E-state index is 0.491. The topological polar surface area (TPSA) is 42.4 Å². The fourth-order valence-electron chi connectivity index (χ4n) is 1.34. The van der Waals surface area contributed by atoms with Crippen molar-refractivity contribution in [2.75, 3.05) is 13.1 Å². The van der Waals surface area contributed by atoms with Crippen LogP contribution in [0.2, 0.25) is 0 Å². The van der Waals surface area contributed by atoms with Crippen LogP contribution < -0.4 is 0 Å². The predicted octanol–water partition coefficient (Wildman–Crippen LogP) is 1.64. The summed E-state index contributed by atoms with van der Waals surface area (Å²) in [7, 11) is 0. The van der Waals surface area contributed by atoms with Gasteiger partial charge in [-0.05, 0) is 25.0 Å². The SMILES string of the molecule is O=CON1CCCCC1.c1ccncc1. The third kappa shape index (κ3) is 5.80. The van der Waals surface area contributed by atoms with Crippen molar-refractivity contribution < 1.29 is 9.63 Å². The highest BCUT2D eigenvalue weighted by atomic mass is 16.7. The fraction of sp³-hybridized carbons (Fsp3) is 0.455. The van der Waals surface area contributed by atoms with E-state index in [9.17, 15) is 4.79 Å². The molecule has 1 saturated heterocycles. The molecule has 82 valence electrons. The molecule has 4 heteroatoms. The molecule has 0 bridgehead atoms. The Kier molecular flexibility index (Phi) is 6.17. The lowest BCUT2D eigenvalue weighted by Gasteiger charge is -2.22. The Bertz CT molecular complexity index is 221. The smallest absolute Gasteiger partial charge is 0.312 e. The van der Waals surface area contributed by atoms with Crippen LogP contribution in [0.4, 0.5) is 0 Å². The first-order valence-corrected chi connectivity index (χ1v) is 5.14. The van der Waals surface area contributed by atoms with Gasteiger partial charge in [-0.25, -0.2) is 0 Å². The Balaban J connectivity index is 0.000000162. The molecule has 4 nitrogen and oxygen atoms in total. The minimum Gasteiger partial charge on any atom is -0.371 e. The molecule has 1 aromatic rings. The van der Waals surface area contributed by atoms with E-state index in [1.54, 1.807) is 17.5 Å². The largest absolute Gasteiger partial charge is 0.371 e. The Morgan fingerprint density at radius 2 is 1.73 bits per heavy atom. The zero-order valence-electron chi connectivity index (χ0n) is 8.71. The van der Waals surface area contributed by atoms with Crippen molar-refractivity contribution in [3.63, 3.8) is 0 Å². The van der Waals surface area contributed by atoms with Crippen LogP contribution in [0.25, 0.3) is 0 Å². The van der Waals surface area contributed by atoms with Gasteiger partial charge in [0, 0.05) is 25.5 Å². The number of hydrogen-bond acceptors (Lipinski definition) is 4. The number of rotatable bonds is 2. The maximum absolute atomic E-state index is 9.81. The van der Waals surface area contributed by atoms with Gasteiger partial charge in [0.25, 0.3) is 0 Å². The molecule has 0 spiro atoms. The molecule has 2 rings (SSSR count). The van der Waals surface area contributed by atoms with Gasteiger partial charge < -0.3 is 4.84 Å². The molecule has 0 aliphatic carbocycles. The van der Waals surface area contributed by atoms with E-state index in [1.165, 1.54) is 6.42 Å². The summed E-state index contributed by atoms with van der Waals surface area (Å²) in [4.78, 5) is 18.2. The van der Waals surface area contributed by atoms with E-state index in [4.69, 9.17) is 0 Å². The summed E-state index contributed by atoms with van der Waals surface area (Å²) in [5.74, 6) is 0. The van der Waals surface area contributed by atoms with E-state index >= 15 is 0 Å². The highest BCUT2D eigenvalue weighted by Gasteiger charge is 2.09. The van der Waals surface area contributed by atoms with Crippen LogP contribution in [-0.4, -0.2) is 29.6 Å². The highest BCUT2D eigenvalue weighted by molar-refractivity contribution is 5.36. The van der Waals surface area contributed by atoms with Crippen molar-refractivity contribution >= 4 is 6.47 Å². The number of hydroxylamine groups is 2. The van der Waals surface area contributed by atoms with Gasteiger partial charge in [-0.2, -0.15) is 0 Å². The van der Waals surface area contributed by atoms with Gasteiger partial charge in [0.15, 0.2) is 0 Å². The molecule has 15 heavy (non-hydrogen) atoms. The Morgan fingerprint density at radius 1 is 1.07 bits per heavy atom. The van der Waals surface area contributed by atoms with Crippen molar-refractivity contribution in [2.45, 2.75) is 19.3 Å². The van der Waals surface area contributed by atoms with E-state index in [2.05, 4.69) is 9.82 Å². The van der Waals surface area contributed by atoms with Gasteiger partial charge in [0.2, 0.25) is 0 Å². The highest BCUT2D eigenvalue weighted by Crippen LogP contribution is 2.07. The monoisotopic (exact) mass is 208 g/mol. The molecule has 0 aromatic carbocycles. The first-order chi connectivity index (χ1) is 7.43. The van der Waals surface area contributed by atoms with Crippen LogP contribution >= 0.6 is 0 Å². The number of pyridine rings is 1. The van der Waals surface area contributed by atoms with Crippen LogP contribution in [0, 0.1) is 0 Å². The number of carbonyl (C=O) groups is 1. The summed E-state index contributed by atoms with van der Waals surface area (Å²) in [5.41, 5.74) is 0. The van der Waals surface area contributed by atoms with Crippen LogP contribution in [-0.2, 0) is 9.63 Å². The van der Waals surface area contributed by atoms with Crippen molar-refractivity contribution in [1.29, 1.82) is 0 Å². The van der Waals surface area contributed by atoms with Gasteiger partial charge in [0.05, 0.1) is 0 Å². The summed E-state index contributed by atoms with van der Waals surface area (Å²) < 4.78 is 0. The van der Waals surface area contributed by atoms with E-state index < -0.39 is 0 Å². The second-order valence-corrected chi connectivity index (χ2v) is 3.22. The van der Waals surface area contributed by atoms with Crippen molar-refractivity contribution in [3.05, 3.63) is 30.6 Å². The number of piperidine rings is 1. The lowest BCUT2D eigenvalue weighted by molar-refractivity contribution is -0.177. The van der Waals surface area contributed by atoms with Gasteiger partial charge in [-0.15, -0.1) is 5.06 Å². The molecule has 0 unspecified atom stereocenters. The average molecular weight is 208 g/mol. The Hall–Kier alpha value is -1.42. The summed E-state index contributed by atoms with van der Waals surface area (Å²) in [6.45, 7) is 2.29. The number of aromatic nitrogens is 1. The molecular weight excluding hydrogens is 192 g/mol. The molecule has 0 saturated carbocycles. The van der Waals surface area contributed by atoms with E-state index in [-0.39, 0.29) is 0 Å². The first kappa shape index (κ1) is 11.7. The average Bonchev–Trinajstić information content (AvgIpc) is 2.34. The van der Waals surface area contributed by atoms with Gasteiger partial charge >= 0.3 is 6.47 Å². The summed E-state index contributed by atoms with van der Waals surface area (Å²) >= 11 is 0. The second kappa shape index (κ2) is 7.94. The zero-order valence-corrected chi connectivity index (χ0v) is 8.71. The lowest BCUT2D eigenvalue weighted by atomic mass is 10.2. The normalized spacial score (nSPS) is 16.0. The number of carbonyl (C=O) groups excluding carboxylic acids is 1. The number of hydrogen-bond donors (Lipinski definition) is 0. The molecule has 1 fully saturated rings. The van der Waals surface area contributed by atoms with Crippen LogP contribution in [0.3, 0.4) is 0 Å². The Morgan fingerprint density at radius 3 is 2.13 bits per heavy atom. The molecule has 1 aliphatic heterocycles. The third-order valence-electron chi connectivity index (χ3n) is 2.07. The van der Waals surface area contributed by atoms with Gasteiger partial charge in [-0.1, -0.05) is 12.5 Å². The third-order valence-corrected chi connectivity index (χ3v) is 2.07. The fourth-order valence-corrected chi connectivity index (χ4v) is 1.34. The minimum absolute atomic E-state index is 0.491. The van der Waals surface area contributed by atoms with Gasteiger partial charge in [0.1, 0.15) is 0 Å². The summed E-state index contributed by atoms with van der Waals surface area (Å²) in [5, 5.41) is 1.70. The van der Waals surface area contributed by atoms with Crippen molar-refractivity contribution in [3.8, 4) is 0 Å². The number of nitrogens with zero attached hydrogens (tertiary/aromatic N) is 2. The van der Waals surface area contributed by atoms with Gasteiger partial charge in [-0.3, -0.25) is 9.78 Å². The van der Waals surface area contributed by atoms with E-state index in [1.807, 2.05) is 18.2 Å². The zero-order chi connectivity index (χ0) is 10.8. The summed E-state index contributed by atoms with van der Waals surface area (Å²) in [6, 6.07) is 5.72. The second-order valence-electron chi connectivity index (χ2n) is 3.22. The first-order valence-electron chi connectivity index (χ1n) is 5.14. The van der Waals surface area contributed by atoms with Crippen LogP contribution in [0.15, 0.2) is 30.6 Å². The molecule has 0 atom stereocenters. The van der Waals surface area contributed by atoms with Crippen molar-refractivity contribution in [1.82, 2.24) is 10.0 Å². The lowest BCUT2D eigenvalue weighted by Crippen LogP contribution is -2.29. The maximum atomic E-state index is 9.81.